The molecule has 2 aromatic carbocycles. The van der Waals surface area contributed by atoms with E-state index >= 15 is 0 Å². The van der Waals surface area contributed by atoms with E-state index in [1.165, 1.54) is 0 Å². The second-order valence-corrected chi connectivity index (χ2v) is 6.03. The molecule has 1 aliphatic heterocycles. The lowest BCUT2D eigenvalue weighted by Crippen LogP contribution is -2.44. The first-order valence-corrected chi connectivity index (χ1v) is 8.16. The summed E-state index contributed by atoms with van der Waals surface area (Å²) in [7, 11) is 0. The number of para-hydroxylation sites is 1. The van der Waals surface area contributed by atoms with Crippen LogP contribution >= 0.6 is 0 Å². The molecule has 3 rings (SSSR count). The number of ether oxygens (including phenoxy) is 1. The summed E-state index contributed by atoms with van der Waals surface area (Å²) in [5.74, 6) is 0.657. The Kier molecular flexibility index (Phi) is 5.16. The van der Waals surface area contributed by atoms with Crippen LogP contribution in [0.25, 0.3) is 0 Å². The fourth-order valence-electron chi connectivity index (χ4n) is 3.33. The van der Waals surface area contributed by atoms with Crippen molar-refractivity contribution in [1.29, 1.82) is 0 Å². The Hall–Kier alpha value is -1.92. The predicted molar refractivity (Wildman–Crippen MR) is 90.8 cm³/mol. The highest BCUT2D eigenvalue weighted by Crippen LogP contribution is 2.40. The molecule has 24 heavy (non-hydrogen) atoms. The van der Waals surface area contributed by atoms with Crippen molar-refractivity contribution in [2.75, 3.05) is 32.8 Å². The quantitative estimate of drug-likeness (QED) is 0.740. The van der Waals surface area contributed by atoms with Gasteiger partial charge in [0.25, 0.3) is 0 Å². The average molecular weight is 329 g/mol. The van der Waals surface area contributed by atoms with Gasteiger partial charge in [0.05, 0.1) is 13.2 Å². The summed E-state index contributed by atoms with van der Waals surface area (Å²) in [6.45, 7) is 1.37. The standard InChI is InChI=1S/C19H23NO4/c21-11-9-20(10-12-22)14-19(23)16-6-2-1-5-15(16)13-24-18-8-4-3-7-17(18)19/h1-8,21-23H,9-14H2. The van der Waals surface area contributed by atoms with Gasteiger partial charge >= 0.3 is 0 Å². The van der Waals surface area contributed by atoms with Crippen LogP contribution in [0.15, 0.2) is 48.5 Å². The summed E-state index contributed by atoms with van der Waals surface area (Å²) >= 11 is 0. The molecule has 0 bridgehead atoms. The van der Waals surface area contributed by atoms with Crippen LogP contribution in [-0.2, 0) is 12.2 Å². The van der Waals surface area contributed by atoms with Crippen molar-refractivity contribution < 1.29 is 20.1 Å². The first kappa shape index (κ1) is 16.9. The fraction of sp³-hybridized carbons (Fsp3) is 0.368. The minimum absolute atomic E-state index is 0.0319. The molecule has 128 valence electrons. The molecule has 0 aliphatic carbocycles. The summed E-state index contributed by atoms with van der Waals surface area (Å²) < 4.78 is 5.89. The Morgan fingerprint density at radius 1 is 0.917 bits per heavy atom. The van der Waals surface area contributed by atoms with E-state index in [0.29, 0.717) is 31.0 Å². The van der Waals surface area contributed by atoms with Gasteiger partial charge in [-0.05, 0) is 17.2 Å². The zero-order chi connectivity index (χ0) is 17.0. The topological polar surface area (TPSA) is 73.2 Å². The molecule has 3 N–H and O–H groups in total. The molecule has 0 fully saturated rings. The van der Waals surface area contributed by atoms with Crippen LogP contribution < -0.4 is 4.74 Å². The SMILES string of the molecule is OCCN(CCO)CC1(O)c2ccccc2COc2ccccc21. The van der Waals surface area contributed by atoms with Gasteiger partial charge in [0.1, 0.15) is 18.0 Å². The molecule has 0 radical (unpaired) electrons. The molecule has 5 heteroatoms. The van der Waals surface area contributed by atoms with Crippen molar-refractivity contribution in [3.8, 4) is 5.75 Å². The van der Waals surface area contributed by atoms with Gasteiger partial charge in [-0.2, -0.15) is 0 Å². The second-order valence-electron chi connectivity index (χ2n) is 6.03. The van der Waals surface area contributed by atoms with Crippen LogP contribution in [0.5, 0.6) is 5.75 Å². The van der Waals surface area contributed by atoms with Crippen LogP contribution in [0.2, 0.25) is 0 Å². The van der Waals surface area contributed by atoms with Crippen molar-refractivity contribution in [2.45, 2.75) is 12.2 Å². The number of aliphatic hydroxyl groups is 3. The van der Waals surface area contributed by atoms with Crippen molar-refractivity contribution in [2.24, 2.45) is 0 Å². The minimum Gasteiger partial charge on any atom is -0.488 e. The third kappa shape index (κ3) is 3.16. The van der Waals surface area contributed by atoms with Crippen LogP contribution in [0, 0.1) is 0 Å². The molecule has 0 saturated heterocycles. The van der Waals surface area contributed by atoms with Gasteiger partial charge in [0.15, 0.2) is 0 Å². The first-order chi connectivity index (χ1) is 11.7. The van der Waals surface area contributed by atoms with Crippen LogP contribution in [0.3, 0.4) is 0 Å². The van der Waals surface area contributed by atoms with E-state index in [1.54, 1.807) is 0 Å². The van der Waals surface area contributed by atoms with Crippen LogP contribution in [0.1, 0.15) is 16.7 Å². The van der Waals surface area contributed by atoms with E-state index < -0.39 is 5.60 Å². The maximum Gasteiger partial charge on any atom is 0.131 e. The Balaban J connectivity index is 2.09. The van der Waals surface area contributed by atoms with Crippen molar-refractivity contribution in [3.63, 3.8) is 0 Å². The van der Waals surface area contributed by atoms with Gasteiger partial charge < -0.3 is 20.1 Å². The predicted octanol–water partition coefficient (Wildman–Crippen LogP) is 1.10. The molecule has 1 unspecified atom stereocenters. The monoisotopic (exact) mass is 329 g/mol. The number of hydrogen-bond acceptors (Lipinski definition) is 5. The van der Waals surface area contributed by atoms with Crippen LogP contribution in [-0.4, -0.2) is 53.1 Å². The lowest BCUT2D eigenvalue weighted by atomic mass is 9.83. The van der Waals surface area contributed by atoms with Gasteiger partial charge in [0.2, 0.25) is 0 Å². The third-order valence-electron chi connectivity index (χ3n) is 4.46. The Bertz CT molecular complexity index is 635. The van der Waals surface area contributed by atoms with Crippen LogP contribution in [0.4, 0.5) is 0 Å². The largest absolute Gasteiger partial charge is 0.488 e. The second kappa shape index (κ2) is 7.32. The van der Waals surface area contributed by atoms with Gasteiger partial charge in [-0.15, -0.1) is 0 Å². The first-order valence-electron chi connectivity index (χ1n) is 8.16. The highest BCUT2D eigenvalue weighted by atomic mass is 16.5. The van der Waals surface area contributed by atoms with E-state index in [9.17, 15) is 15.3 Å². The molecule has 2 aromatic rings. The van der Waals surface area contributed by atoms with E-state index in [-0.39, 0.29) is 19.8 Å². The van der Waals surface area contributed by atoms with E-state index in [0.717, 1.165) is 11.1 Å². The van der Waals surface area contributed by atoms with Crippen molar-refractivity contribution >= 4 is 0 Å². The lowest BCUT2D eigenvalue weighted by molar-refractivity contribution is 0.0243. The molecular weight excluding hydrogens is 306 g/mol. The number of aliphatic hydroxyl groups excluding tert-OH is 2. The highest BCUT2D eigenvalue weighted by Gasteiger charge is 2.39. The summed E-state index contributed by atoms with van der Waals surface area (Å²) in [6.07, 6.45) is 0. The van der Waals surface area contributed by atoms with Crippen molar-refractivity contribution in [1.82, 2.24) is 4.90 Å². The Morgan fingerprint density at radius 3 is 2.25 bits per heavy atom. The number of hydrogen-bond donors (Lipinski definition) is 3. The van der Waals surface area contributed by atoms with E-state index in [2.05, 4.69) is 0 Å². The number of rotatable bonds is 6. The molecule has 0 saturated carbocycles. The summed E-state index contributed by atoms with van der Waals surface area (Å²) in [4.78, 5) is 1.86. The zero-order valence-corrected chi connectivity index (χ0v) is 13.6. The van der Waals surface area contributed by atoms with Gasteiger partial charge in [-0.1, -0.05) is 42.5 Å². The number of benzene rings is 2. The highest BCUT2D eigenvalue weighted by molar-refractivity contribution is 5.49. The molecule has 0 spiro atoms. The summed E-state index contributed by atoms with van der Waals surface area (Å²) in [6, 6.07) is 15.2. The molecule has 1 heterocycles. The molecule has 0 aromatic heterocycles. The average Bonchev–Trinajstić information content (AvgIpc) is 2.72. The minimum atomic E-state index is -1.27. The molecule has 1 atom stereocenters. The molecule has 1 aliphatic rings. The molecule has 5 nitrogen and oxygen atoms in total. The maximum atomic E-state index is 11.7. The normalized spacial score (nSPS) is 19.3. The zero-order valence-electron chi connectivity index (χ0n) is 13.6. The van der Waals surface area contributed by atoms with E-state index in [1.807, 2.05) is 53.4 Å². The molecular formula is C19H23NO4. The van der Waals surface area contributed by atoms with Gasteiger partial charge in [-0.3, -0.25) is 4.90 Å². The maximum absolute atomic E-state index is 11.7. The smallest absolute Gasteiger partial charge is 0.131 e. The van der Waals surface area contributed by atoms with Gasteiger partial charge in [-0.25, -0.2) is 0 Å². The Morgan fingerprint density at radius 2 is 1.54 bits per heavy atom. The third-order valence-corrected chi connectivity index (χ3v) is 4.46. The number of fused-ring (bicyclic) bond motifs is 2. The lowest BCUT2D eigenvalue weighted by Gasteiger charge is -2.35. The number of nitrogens with zero attached hydrogens (tertiary/aromatic N) is 1. The summed E-state index contributed by atoms with van der Waals surface area (Å²) in [5.41, 5.74) is 1.17. The van der Waals surface area contributed by atoms with Gasteiger partial charge in [0, 0.05) is 25.2 Å². The van der Waals surface area contributed by atoms with E-state index in [4.69, 9.17) is 4.74 Å². The molecule has 0 amide bonds. The van der Waals surface area contributed by atoms with Crippen molar-refractivity contribution in [3.05, 3.63) is 65.2 Å². The Labute approximate surface area is 141 Å². The summed E-state index contributed by atoms with van der Waals surface area (Å²) in [5, 5.41) is 30.3. The fourth-order valence-corrected chi connectivity index (χ4v) is 3.33.